The molecule has 1 fully saturated rings. The van der Waals surface area contributed by atoms with Crippen LogP contribution in [0, 0.1) is 10.1 Å². The monoisotopic (exact) mass is 306 g/mol. The van der Waals surface area contributed by atoms with Crippen molar-refractivity contribution < 1.29 is 19.6 Å². The van der Waals surface area contributed by atoms with Crippen molar-refractivity contribution in [3.8, 4) is 11.5 Å². The van der Waals surface area contributed by atoms with Gasteiger partial charge in [0.2, 0.25) is 5.91 Å². The molecule has 1 aromatic carbocycles. The highest BCUT2D eigenvalue weighted by Gasteiger charge is 2.17. The second-order valence-electron chi connectivity index (χ2n) is 5.06. The van der Waals surface area contributed by atoms with Gasteiger partial charge < -0.3 is 14.7 Å². The summed E-state index contributed by atoms with van der Waals surface area (Å²) in [5, 5.41) is 20.9. The normalized spacial score (nSPS) is 15.0. The SMILES string of the molecule is COc1cc([N+](=O)[O-])cc(/C=C/C(=O)N2CCCCC2)c1O. The van der Waals surface area contributed by atoms with Crippen molar-refractivity contribution in [2.45, 2.75) is 19.3 Å². The highest BCUT2D eigenvalue weighted by Crippen LogP contribution is 2.35. The Labute approximate surface area is 128 Å². The first kappa shape index (κ1) is 15.8. The highest BCUT2D eigenvalue weighted by molar-refractivity contribution is 5.92. The molecule has 1 aliphatic heterocycles. The molecule has 0 saturated carbocycles. The van der Waals surface area contributed by atoms with Crippen LogP contribution in [0.2, 0.25) is 0 Å². The van der Waals surface area contributed by atoms with Crippen molar-refractivity contribution in [3.05, 3.63) is 33.9 Å². The maximum atomic E-state index is 12.0. The van der Waals surface area contributed by atoms with Crippen LogP contribution in [0.15, 0.2) is 18.2 Å². The number of ether oxygens (including phenoxy) is 1. The summed E-state index contributed by atoms with van der Waals surface area (Å²) in [5.74, 6) is -0.389. The fraction of sp³-hybridized carbons (Fsp3) is 0.400. The molecule has 22 heavy (non-hydrogen) atoms. The Morgan fingerprint density at radius 1 is 1.36 bits per heavy atom. The Morgan fingerprint density at radius 2 is 2.05 bits per heavy atom. The number of nitro benzene ring substituents is 1. The van der Waals surface area contributed by atoms with E-state index >= 15 is 0 Å². The Morgan fingerprint density at radius 3 is 2.64 bits per heavy atom. The predicted molar refractivity (Wildman–Crippen MR) is 80.8 cm³/mol. The first-order valence-electron chi connectivity index (χ1n) is 7.05. The molecule has 2 rings (SSSR count). The lowest BCUT2D eigenvalue weighted by molar-refractivity contribution is -0.385. The van der Waals surface area contributed by atoms with Gasteiger partial charge in [0, 0.05) is 30.8 Å². The highest BCUT2D eigenvalue weighted by atomic mass is 16.6. The zero-order chi connectivity index (χ0) is 16.1. The van der Waals surface area contributed by atoms with E-state index < -0.39 is 4.92 Å². The molecular weight excluding hydrogens is 288 g/mol. The van der Waals surface area contributed by atoms with Crippen molar-refractivity contribution in [1.29, 1.82) is 0 Å². The number of carbonyl (C=O) groups is 1. The van der Waals surface area contributed by atoms with Gasteiger partial charge in [0.1, 0.15) is 0 Å². The molecule has 1 aliphatic rings. The first-order chi connectivity index (χ1) is 10.5. The van der Waals surface area contributed by atoms with Crippen molar-refractivity contribution in [2.75, 3.05) is 20.2 Å². The minimum Gasteiger partial charge on any atom is -0.504 e. The lowest BCUT2D eigenvalue weighted by Crippen LogP contribution is -2.34. The summed E-state index contributed by atoms with van der Waals surface area (Å²) in [6, 6.07) is 2.34. The van der Waals surface area contributed by atoms with Gasteiger partial charge in [-0.25, -0.2) is 0 Å². The van der Waals surface area contributed by atoms with Crippen molar-refractivity contribution in [3.63, 3.8) is 0 Å². The van der Waals surface area contributed by atoms with Crippen LogP contribution in [0.5, 0.6) is 11.5 Å². The van der Waals surface area contributed by atoms with E-state index in [2.05, 4.69) is 0 Å². The van der Waals surface area contributed by atoms with E-state index in [1.54, 1.807) is 4.90 Å². The molecule has 7 nitrogen and oxygen atoms in total. The van der Waals surface area contributed by atoms with Gasteiger partial charge in [-0.2, -0.15) is 0 Å². The summed E-state index contributed by atoms with van der Waals surface area (Å²) in [5.41, 5.74) is -0.0314. The van der Waals surface area contributed by atoms with Gasteiger partial charge in [0.05, 0.1) is 18.1 Å². The molecule has 0 aromatic heterocycles. The van der Waals surface area contributed by atoms with Crippen LogP contribution < -0.4 is 4.74 Å². The Kier molecular flexibility index (Phi) is 4.98. The van der Waals surface area contributed by atoms with E-state index in [4.69, 9.17) is 4.74 Å². The third kappa shape index (κ3) is 3.55. The minimum atomic E-state index is -0.578. The smallest absolute Gasteiger partial charge is 0.274 e. The third-order valence-electron chi connectivity index (χ3n) is 3.59. The first-order valence-corrected chi connectivity index (χ1v) is 7.05. The summed E-state index contributed by atoms with van der Waals surface area (Å²) in [6.45, 7) is 1.43. The zero-order valence-corrected chi connectivity index (χ0v) is 12.3. The molecule has 0 radical (unpaired) electrons. The van der Waals surface area contributed by atoms with Crippen molar-refractivity contribution >= 4 is 17.7 Å². The maximum Gasteiger partial charge on any atom is 0.274 e. The number of nitrogens with zero attached hydrogens (tertiary/aromatic N) is 2. The van der Waals surface area contributed by atoms with E-state index in [9.17, 15) is 20.0 Å². The maximum absolute atomic E-state index is 12.0. The van der Waals surface area contributed by atoms with Crippen LogP contribution in [-0.2, 0) is 4.79 Å². The predicted octanol–water partition coefficient (Wildman–Crippen LogP) is 2.33. The number of benzene rings is 1. The van der Waals surface area contributed by atoms with E-state index in [1.807, 2.05) is 0 Å². The quantitative estimate of drug-likeness (QED) is 0.523. The van der Waals surface area contributed by atoms with Gasteiger partial charge in [-0.05, 0) is 25.3 Å². The second-order valence-corrected chi connectivity index (χ2v) is 5.06. The van der Waals surface area contributed by atoms with Gasteiger partial charge >= 0.3 is 0 Å². The molecule has 7 heteroatoms. The Balaban J connectivity index is 2.23. The largest absolute Gasteiger partial charge is 0.504 e. The number of hydrogen-bond acceptors (Lipinski definition) is 5. The Hall–Kier alpha value is -2.57. The van der Waals surface area contributed by atoms with Gasteiger partial charge in [0.25, 0.3) is 5.69 Å². The van der Waals surface area contributed by atoms with Gasteiger partial charge in [-0.3, -0.25) is 14.9 Å². The van der Waals surface area contributed by atoms with Gasteiger partial charge in [0.15, 0.2) is 11.5 Å². The number of phenols is 1. The van der Waals surface area contributed by atoms with E-state index in [0.717, 1.165) is 25.3 Å². The molecule has 0 aliphatic carbocycles. The Bertz CT molecular complexity index is 606. The van der Waals surface area contributed by atoms with Crippen LogP contribution >= 0.6 is 0 Å². The number of amides is 1. The van der Waals surface area contributed by atoms with Crippen LogP contribution in [0.1, 0.15) is 24.8 Å². The van der Waals surface area contributed by atoms with Gasteiger partial charge in [-0.1, -0.05) is 0 Å². The summed E-state index contributed by atoms with van der Waals surface area (Å²) < 4.78 is 4.92. The van der Waals surface area contributed by atoms with Crippen molar-refractivity contribution in [1.82, 2.24) is 4.90 Å². The molecule has 0 atom stereocenters. The summed E-state index contributed by atoms with van der Waals surface area (Å²) >= 11 is 0. The number of nitro groups is 1. The average molecular weight is 306 g/mol. The molecule has 0 bridgehead atoms. The summed E-state index contributed by atoms with van der Waals surface area (Å²) in [6.07, 6.45) is 5.78. The second kappa shape index (κ2) is 6.93. The van der Waals surface area contributed by atoms with E-state index in [0.29, 0.717) is 13.1 Å². The molecule has 118 valence electrons. The molecule has 1 N–H and O–H groups in total. The third-order valence-corrected chi connectivity index (χ3v) is 3.59. The molecule has 1 heterocycles. The fourth-order valence-corrected chi connectivity index (χ4v) is 2.38. The lowest BCUT2D eigenvalue weighted by Gasteiger charge is -2.25. The molecule has 1 saturated heterocycles. The van der Waals surface area contributed by atoms with Crippen molar-refractivity contribution in [2.24, 2.45) is 0 Å². The number of piperidine rings is 1. The fourth-order valence-electron chi connectivity index (χ4n) is 2.38. The number of carbonyl (C=O) groups excluding carboxylic acids is 1. The molecule has 1 aromatic rings. The van der Waals surface area contributed by atoms with Crippen LogP contribution in [-0.4, -0.2) is 41.0 Å². The molecule has 1 amide bonds. The number of methoxy groups -OCH3 is 1. The summed E-state index contributed by atoms with van der Waals surface area (Å²) in [4.78, 5) is 24.1. The van der Waals surface area contributed by atoms with E-state index in [1.165, 1.54) is 25.3 Å². The van der Waals surface area contributed by atoms with E-state index in [-0.39, 0.29) is 28.7 Å². The number of phenolic OH excluding ortho intramolecular Hbond substituents is 1. The topological polar surface area (TPSA) is 92.9 Å². The van der Waals surface area contributed by atoms with Crippen LogP contribution in [0.25, 0.3) is 6.08 Å². The summed E-state index contributed by atoms with van der Waals surface area (Å²) in [7, 11) is 1.31. The zero-order valence-electron chi connectivity index (χ0n) is 12.3. The van der Waals surface area contributed by atoms with Crippen LogP contribution in [0.3, 0.4) is 0 Å². The van der Waals surface area contributed by atoms with Gasteiger partial charge in [-0.15, -0.1) is 0 Å². The number of likely N-dealkylation sites (tertiary alicyclic amines) is 1. The minimum absolute atomic E-state index is 0.000675. The number of rotatable bonds is 4. The standard InChI is InChI=1S/C15H18N2O5/c1-22-13-10-12(17(20)21)9-11(15(13)19)5-6-14(18)16-7-3-2-4-8-16/h5-6,9-10,19H,2-4,7-8H2,1H3/b6-5+. The molecule has 0 spiro atoms. The molecule has 0 unspecified atom stereocenters. The molecular formula is C15H18N2O5. The number of aromatic hydroxyl groups is 1. The average Bonchev–Trinajstić information content (AvgIpc) is 2.54. The lowest BCUT2D eigenvalue weighted by atomic mass is 10.1. The number of non-ortho nitro benzene ring substituents is 1. The number of hydrogen-bond donors (Lipinski definition) is 1. The van der Waals surface area contributed by atoms with Crippen LogP contribution in [0.4, 0.5) is 5.69 Å².